The van der Waals surface area contributed by atoms with E-state index in [0.29, 0.717) is 23.8 Å². The van der Waals surface area contributed by atoms with Gasteiger partial charge in [0.05, 0.1) is 18.0 Å². The van der Waals surface area contributed by atoms with Crippen LogP contribution in [0.25, 0.3) is 0 Å². The zero-order valence-corrected chi connectivity index (χ0v) is 11.4. The van der Waals surface area contributed by atoms with Crippen LogP contribution in [0.4, 0.5) is 5.69 Å². The molecule has 100 valence electrons. The lowest BCUT2D eigenvalue weighted by molar-refractivity contribution is -0.113. The van der Waals surface area contributed by atoms with E-state index in [1.165, 1.54) is 11.8 Å². The third-order valence-corrected chi connectivity index (χ3v) is 3.18. The highest BCUT2D eigenvalue weighted by molar-refractivity contribution is 7.99. The van der Waals surface area contributed by atoms with E-state index in [-0.39, 0.29) is 5.91 Å². The van der Waals surface area contributed by atoms with Crippen LogP contribution >= 0.6 is 11.8 Å². The van der Waals surface area contributed by atoms with Gasteiger partial charge in [-0.15, -0.1) is 0 Å². The van der Waals surface area contributed by atoms with Gasteiger partial charge in [-0.1, -0.05) is 23.9 Å². The lowest BCUT2D eigenvalue weighted by atomic mass is 10.3. The number of para-hydroxylation sites is 2. The molecule has 2 rings (SSSR count). The van der Waals surface area contributed by atoms with Crippen molar-refractivity contribution in [3.8, 4) is 5.75 Å². The zero-order valence-electron chi connectivity index (χ0n) is 10.6. The Morgan fingerprint density at radius 3 is 3.05 bits per heavy atom. The van der Waals surface area contributed by atoms with Crippen molar-refractivity contribution in [2.24, 2.45) is 0 Å². The number of H-pyrrole nitrogens is 1. The molecule has 0 aliphatic rings. The number of anilines is 1. The number of nitrogens with zero attached hydrogens (tertiary/aromatic N) is 1. The number of imidazole rings is 1. The van der Waals surface area contributed by atoms with Crippen LogP contribution in [0.3, 0.4) is 0 Å². The zero-order chi connectivity index (χ0) is 13.5. The molecule has 2 N–H and O–H groups in total. The van der Waals surface area contributed by atoms with E-state index in [1.807, 2.05) is 31.2 Å². The third kappa shape index (κ3) is 4.03. The van der Waals surface area contributed by atoms with Crippen molar-refractivity contribution in [2.45, 2.75) is 12.1 Å². The predicted molar refractivity (Wildman–Crippen MR) is 75.6 cm³/mol. The maximum absolute atomic E-state index is 11.8. The van der Waals surface area contributed by atoms with Crippen LogP contribution < -0.4 is 10.1 Å². The summed E-state index contributed by atoms with van der Waals surface area (Å²) < 4.78 is 5.45. The van der Waals surface area contributed by atoms with Gasteiger partial charge in [0.15, 0.2) is 5.16 Å². The van der Waals surface area contributed by atoms with Gasteiger partial charge in [0.1, 0.15) is 5.75 Å². The molecule has 1 aromatic heterocycles. The molecule has 5 nitrogen and oxygen atoms in total. The van der Waals surface area contributed by atoms with Crippen molar-refractivity contribution < 1.29 is 9.53 Å². The fraction of sp³-hybridized carbons (Fsp3) is 0.231. The number of nitrogens with one attached hydrogen (secondary N) is 2. The van der Waals surface area contributed by atoms with Crippen LogP contribution in [0.15, 0.2) is 41.8 Å². The largest absolute Gasteiger partial charge is 0.492 e. The van der Waals surface area contributed by atoms with Crippen LogP contribution in [0.1, 0.15) is 6.92 Å². The molecule has 0 aliphatic carbocycles. The van der Waals surface area contributed by atoms with Gasteiger partial charge in [0, 0.05) is 12.4 Å². The molecule has 0 radical (unpaired) electrons. The topological polar surface area (TPSA) is 67.0 Å². The minimum absolute atomic E-state index is 0.0893. The highest BCUT2D eigenvalue weighted by Gasteiger charge is 2.08. The molecule has 0 saturated heterocycles. The highest BCUT2D eigenvalue weighted by atomic mass is 32.2. The van der Waals surface area contributed by atoms with Crippen molar-refractivity contribution in [3.05, 3.63) is 36.7 Å². The number of hydrogen-bond acceptors (Lipinski definition) is 4. The molecule has 6 heteroatoms. The second-order valence-electron chi connectivity index (χ2n) is 3.66. The summed E-state index contributed by atoms with van der Waals surface area (Å²) in [5, 5.41) is 3.56. The first-order valence-corrected chi connectivity index (χ1v) is 6.92. The van der Waals surface area contributed by atoms with Gasteiger partial charge in [0.25, 0.3) is 0 Å². The number of hydrogen-bond donors (Lipinski definition) is 2. The quantitative estimate of drug-likeness (QED) is 0.796. The van der Waals surface area contributed by atoms with Crippen molar-refractivity contribution in [1.82, 2.24) is 9.97 Å². The normalized spacial score (nSPS) is 10.2. The Labute approximate surface area is 115 Å². The van der Waals surface area contributed by atoms with Crippen LogP contribution in [0, 0.1) is 0 Å². The number of ether oxygens (including phenoxy) is 1. The van der Waals surface area contributed by atoms with Crippen molar-refractivity contribution >= 4 is 23.4 Å². The van der Waals surface area contributed by atoms with Crippen molar-refractivity contribution in [1.29, 1.82) is 0 Å². The lowest BCUT2D eigenvalue weighted by Crippen LogP contribution is -2.15. The second-order valence-corrected chi connectivity index (χ2v) is 4.62. The van der Waals surface area contributed by atoms with Gasteiger partial charge < -0.3 is 15.0 Å². The van der Waals surface area contributed by atoms with Crippen molar-refractivity contribution in [3.63, 3.8) is 0 Å². The molecule has 0 atom stereocenters. The standard InChI is InChI=1S/C13H15N3O2S/c1-2-18-11-6-4-3-5-10(11)16-12(17)9-19-13-14-7-8-15-13/h3-8H,2,9H2,1H3,(H,14,15)(H,16,17). The molecule has 0 bridgehead atoms. The number of aromatic nitrogens is 2. The van der Waals surface area contributed by atoms with Gasteiger partial charge in [-0.05, 0) is 19.1 Å². The highest BCUT2D eigenvalue weighted by Crippen LogP contribution is 2.24. The van der Waals surface area contributed by atoms with E-state index in [1.54, 1.807) is 12.4 Å². The predicted octanol–water partition coefficient (Wildman–Crippen LogP) is 2.54. The van der Waals surface area contributed by atoms with Crippen molar-refractivity contribution in [2.75, 3.05) is 17.7 Å². The van der Waals surface area contributed by atoms with Gasteiger partial charge in [-0.3, -0.25) is 4.79 Å². The SMILES string of the molecule is CCOc1ccccc1NC(=O)CSc1ncc[nH]1. The molecule has 1 amide bonds. The molecular weight excluding hydrogens is 262 g/mol. The van der Waals surface area contributed by atoms with Gasteiger partial charge in [0.2, 0.25) is 5.91 Å². The Balaban J connectivity index is 1.91. The Morgan fingerprint density at radius 1 is 1.47 bits per heavy atom. The van der Waals surface area contributed by atoms with Gasteiger partial charge >= 0.3 is 0 Å². The van der Waals surface area contributed by atoms with E-state index in [0.717, 1.165) is 5.16 Å². The Kier molecular flexibility index (Phi) is 4.85. The van der Waals surface area contributed by atoms with E-state index < -0.39 is 0 Å². The van der Waals surface area contributed by atoms with Crippen LogP contribution in [0.5, 0.6) is 5.75 Å². The molecular formula is C13H15N3O2S. The number of benzene rings is 1. The molecule has 1 aromatic carbocycles. The molecule has 0 spiro atoms. The smallest absolute Gasteiger partial charge is 0.234 e. The number of carbonyl (C=O) groups is 1. The molecule has 1 heterocycles. The molecule has 0 fully saturated rings. The number of aromatic amines is 1. The maximum atomic E-state index is 11.8. The summed E-state index contributed by atoms with van der Waals surface area (Å²) in [6, 6.07) is 7.38. The second kappa shape index (κ2) is 6.84. The molecule has 19 heavy (non-hydrogen) atoms. The molecule has 0 saturated carbocycles. The number of thioether (sulfide) groups is 1. The fourth-order valence-electron chi connectivity index (χ4n) is 1.50. The van der Waals surface area contributed by atoms with E-state index >= 15 is 0 Å². The maximum Gasteiger partial charge on any atom is 0.234 e. The third-order valence-electron chi connectivity index (χ3n) is 2.27. The van der Waals surface area contributed by atoms with Crippen LogP contribution in [-0.2, 0) is 4.79 Å². The average Bonchev–Trinajstić information content (AvgIpc) is 2.92. The Bertz CT molecular complexity index is 528. The Morgan fingerprint density at radius 2 is 2.32 bits per heavy atom. The molecule has 2 aromatic rings. The lowest BCUT2D eigenvalue weighted by Gasteiger charge is -2.10. The summed E-state index contributed by atoms with van der Waals surface area (Å²) in [4.78, 5) is 18.8. The first-order valence-electron chi connectivity index (χ1n) is 5.93. The minimum Gasteiger partial charge on any atom is -0.492 e. The minimum atomic E-state index is -0.0893. The fourth-order valence-corrected chi connectivity index (χ4v) is 2.13. The monoisotopic (exact) mass is 277 g/mol. The van der Waals surface area contributed by atoms with Crippen LogP contribution in [-0.4, -0.2) is 28.2 Å². The average molecular weight is 277 g/mol. The summed E-state index contributed by atoms with van der Waals surface area (Å²) in [5.41, 5.74) is 0.689. The van der Waals surface area contributed by atoms with Gasteiger partial charge in [-0.25, -0.2) is 4.98 Å². The van der Waals surface area contributed by atoms with E-state index in [9.17, 15) is 4.79 Å². The summed E-state index contributed by atoms with van der Waals surface area (Å²) in [7, 11) is 0. The summed E-state index contributed by atoms with van der Waals surface area (Å²) in [6.07, 6.45) is 3.38. The van der Waals surface area contributed by atoms with Crippen LogP contribution in [0.2, 0.25) is 0 Å². The number of amides is 1. The summed E-state index contributed by atoms with van der Waals surface area (Å²) >= 11 is 1.35. The molecule has 0 unspecified atom stereocenters. The first kappa shape index (κ1) is 13.5. The summed E-state index contributed by atoms with van der Waals surface area (Å²) in [6.45, 7) is 2.47. The summed E-state index contributed by atoms with van der Waals surface area (Å²) in [5.74, 6) is 0.892. The number of carbonyl (C=O) groups excluding carboxylic acids is 1. The van der Waals surface area contributed by atoms with E-state index in [2.05, 4.69) is 15.3 Å². The molecule has 0 aliphatic heterocycles. The number of rotatable bonds is 6. The van der Waals surface area contributed by atoms with Gasteiger partial charge in [-0.2, -0.15) is 0 Å². The Hall–Kier alpha value is -1.95. The first-order chi connectivity index (χ1) is 9.29. The van der Waals surface area contributed by atoms with E-state index in [4.69, 9.17) is 4.74 Å².